The lowest BCUT2D eigenvalue weighted by molar-refractivity contribution is -0.142. The van der Waals surface area contributed by atoms with Gasteiger partial charge in [-0.2, -0.15) is 0 Å². The summed E-state index contributed by atoms with van der Waals surface area (Å²) in [5.41, 5.74) is -0.0182. The summed E-state index contributed by atoms with van der Waals surface area (Å²) in [4.78, 5) is 59.9. The van der Waals surface area contributed by atoms with E-state index in [9.17, 15) is 19.2 Å². The predicted molar refractivity (Wildman–Crippen MR) is 179 cm³/mol. The summed E-state index contributed by atoms with van der Waals surface area (Å²) in [5, 5.41) is 6.10. The molecule has 2 rings (SSSR count). The Hall–Kier alpha value is -2.46. The third-order valence-corrected chi connectivity index (χ3v) is 9.03. The Balaban J connectivity index is 2.17. The van der Waals surface area contributed by atoms with E-state index in [4.69, 9.17) is 4.74 Å². The molecule has 0 radical (unpaired) electrons. The van der Waals surface area contributed by atoms with Crippen molar-refractivity contribution in [1.29, 1.82) is 0 Å². The fourth-order valence-corrected chi connectivity index (χ4v) is 6.40. The molecule has 2 heterocycles. The number of rotatable bonds is 14. The van der Waals surface area contributed by atoms with Gasteiger partial charge in [0, 0.05) is 38.4 Å². The van der Waals surface area contributed by atoms with Crippen LogP contribution in [0.25, 0.3) is 0 Å². The van der Waals surface area contributed by atoms with E-state index in [0.717, 1.165) is 32.2 Å². The van der Waals surface area contributed by atoms with Crippen molar-refractivity contribution in [2.45, 2.75) is 144 Å². The molecule has 0 aromatic rings. The number of nitrogens with zero attached hydrogens (tertiary/aromatic N) is 3. The van der Waals surface area contributed by atoms with Gasteiger partial charge in [0.2, 0.25) is 23.6 Å². The number of amides is 4. The standard InChI is InChI=1S/C35H63N5O5/c1-23(2)29(22-26(7)33(43)40-20-14-17-27(40)31(41)36-18-15-21-45-25(5)6)38(11)34(44)30(35(8,9)10)37-32(42)28-16-12-13-19-39(28)24(3)4/h22-25,27-30H,12-21H2,1-11H3,(H,36,41)(H,37,42)/t27-,28?,29+,30+/m0/s1. The minimum absolute atomic E-state index is 0.0125. The van der Waals surface area contributed by atoms with E-state index in [2.05, 4.69) is 29.4 Å². The topological polar surface area (TPSA) is 111 Å². The Kier molecular flexibility index (Phi) is 15.0. The van der Waals surface area contributed by atoms with Gasteiger partial charge in [0.15, 0.2) is 0 Å². The van der Waals surface area contributed by atoms with Gasteiger partial charge in [-0.05, 0) is 84.6 Å². The van der Waals surface area contributed by atoms with Crippen molar-refractivity contribution >= 4 is 23.6 Å². The first-order valence-electron chi connectivity index (χ1n) is 17.2. The van der Waals surface area contributed by atoms with Crippen molar-refractivity contribution in [2.75, 3.05) is 33.3 Å². The van der Waals surface area contributed by atoms with Gasteiger partial charge in [-0.25, -0.2) is 0 Å². The van der Waals surface area contributed by atoms with Gasteiger partial charge in [-0.15, -0.1) is 0 Å². The van der Waals surface area contributed by atoms with Crippen LogP contribution in [0.15, 0.2) is 11.6 Å². The van der Waals surface area contributed by atoms with Crippen LogP contribution in [0.2, 0.25) is 0 Å². The van der Waals surface area contributed by atoms with Gasteiger partial charge in [0.05, 0.1) is 18.2 Å². The zero-order valence-corrected chi connectivity index (χ0v) is 30.1. The van der Waals surface area contributed by atoms with E-state index in [-0.39, 0.29) is 53.8 Å². The summed E-state index contributed by atoms with van der Waals surface area (Å²) in [7, 11) is 1.75. The maximum absolute atomic E-state index is 14.1. The number of nitrogens with one attached hydrogen (secondary N) is 2. The molecule has 258 valence electrons. The maximum Gasteiger partial charge on any atom is 0.249 e. The Morgan fingerprint density at radius 1 is 0.933 bits per heavy atom. The lowest BCUT2D eigenvalue weighted by Crippen LogP contribution is -2.60. The van der Waals surface area contributed by atoms with Crippen molar-refractivity contribution in [2.24, 2.45) is 11.3 Å². The molecular weight excluding hydrogens is 570 g/mol. The van der Waals surface area contributed by atoms with Crippen LogP contribution in [0, 0.1) is 11.3 Å². The van der Waals surface area contributed by atoms with Gasteiger partial charge in [-0.3, -0.25) is 24.1 Å². The Morgan fingerprint density at radius 3 is 2.16 bits per heavy atom. The van der Waals surface area contributed by atoms with Crippen LogP contribution in [0.1, 0.15) is 108 Å². The molecule has 10 nitrogen and oxygen atoms in total. The van der Waals surface area contributed by atoms with Crippen LogP contribution < -0.4 is 10.6 Å². The summed E-state index contributed by atoms with van der Waals surface area (Å²) in [6, 6.07) is -1.61. The first-order chi connectivity index (χ1) is 21.0. The van der Waals surface area contributed by atoms with Crippen LogP contribution in [-0.4, -0.2) is 108 Å². The molecule has 0 bridgehead atoms. The Morgan fingerprint density at radius 2 is 1.58 bits per heavy atom. The molecule has 2 N–H and O–H groups in total. The van der Waals surface area contributed by atoms with Crippen molar-refractivity contribution in [3.63, 3.8) is 0 Å². The molecule has 0 aromatic heterocycles. The zero-order valence-electron chi connectivity index (χ0n) is 30.1. The molecule has 2 aliphatic heterocycles. The van der Waals surface area contributed by atoms with Gasteiger partial charge in [-0.1, -0.05) is 47.1 Å². The quantitative estimate of drug-likeness (QED) is 0.220. The summed E-state index contributed by atoms with van der Waals surface area (Å²) in [5.74, 6) is -0.590. The molecule has 4 amide bonds. The molecule has 0 aliphatic carbocycles. The van der Waals surface area contributed by atoms with E-state index in [1.165, 1.54) is 0 Å². The van der Waals surface area contributed by atoms with Gasteiger partial charge < -0.3 is 25.2 Å². The molecule has 1 unspecified atom stereocenters. The zero-order chi connectivity index (χ0) is 34.1. The third-order valence-electron chi connectivity index (χ3n) is 9.03. The SMILES string of the molecule is CC(=C[C@H](C(C)C)N(C)C(=O)[C@@H](NC(=O)C1CCCCN1C(C)C)C(C)(C)C)C(=O)N1CCC[C@H]1C(=O)NCCCOC(C)C. The van der Waals surface area contributed by atoms with Crippen molar-refractivity contribution in [3.05, 3.63) is 11.6 Å². The minimum Gasteiger partial charge on any atom is -0.379 e. The van der Waals surface area contributed by atoms with E-state index in [1.54, 1.807) is 23.8 Å². The van der Waals surface area contributed by atoms with Gasteiger partial charge >= 0.3 is 0 Å². The highest BCUT2D eigenvalue weighted by Crippen LogP contribution is 2.27. The number of likely N-dealkylation sites (N-methyl/N-ethyl adjacent to an activating group) is 1. The molecule has 4 atom stereocenters. The average molecular weight is 634 g/mol. The Labute approximate surface area is 273 Å². The Bertz CT molecular complexity index is 1030. The summed E-state index contributed by atoms with van der Waals surface area (Å²) >= 11 is 0. The molecule has 0 spiro atoms. The van der Waals surface area contributed by atoms with Crippen LogP contribution >= 0.6 is 0 Å². The monoisotopic (exact) mass is 633 g/mol. The van der Waals surface area contributed by atoms with Gasteiger partial charge in [0.25, 0.3) is 0 Å². The lowest BCUT2D eigenvalue weighted by Gasteiger charge is -2.41. The second-order valence-electron chi connectivity index (χ2n) is 14.9. The second kappa shape index (κ2) is 17.5. The van der Waals surface area contributed by atoms with E-state index >= 15 is 0 Å². The number of piperidine rings is 1. The van der Waals surface area contributed by atoms with Crippen LogP contribution in [-0.2, 0) is 23.9 Å². The number of carbonyl (C=O) groups is 4. The lowest BCUT2D eigenvalue weighted by atomic mass is 9.84. The number of hydrogen-bond donors (Lipinski definition) is 2. The van der Waals surface area contributed by atoms with Crippen LogP contribution in [0.3, 0.4) is 0 Å². The molecule has 0 aromatic carbocycles. The average Bonchev–Trinajstić information content (AvgIpc) is 3.46. The number of ether oxygens (including phenoxy) is 1. The number of likely N-dealkylation sites (tertiary alicyclic amines) is 2. The predicted octanol–water partition coefficient (Wildman–Crippen LogP) is 4.13. The highest BCUT2D eigenvalue weighted by atomic mass is 16.5. The number of hydrogen-bond acceptors (Lipinski definition) is 6. The molecule has 10 heteroatoms. The molecule has 45 heavy (non-hydrogen) atoms. The molecular formula is C35H63N5O5. The second-order valence-corrected chi connectivity index (χ2v) is 14.9. The fraction of sp³-hybridized carbons (Fsp3) is 0.829. The number of carbonyl (C=O) groups excluding carboxylic acids is 4. The van der Waals surface area contributed by atoms with Crippen molar-refractivity contribution in [3.8, 4) is 0 Å². The fourth-order valence-electron chi connectivity index (χ4n) is 6.40. The molecule has 2 aliphatic rings. The highest BCUT2D eigenvalue weighted by molar-refractivity contribution is 5.97. The van der Waals surface area contributed by atoms with Gasteiger partial charge in [0.1, 0.15) is 12.1 Å². The van der Waals surface area contributed by atoms with Crippen LogP contribution in [0.4, 0.5) is 0 Å². The molecule has 0 saturated carbocycles. The molecule has 2 saturated heterocycles. The van der Waals surface area contributed by atoms with Crippen molar-refractivity contribution in [1.82, 2.24) is 25.3 Å². The summed E-state index contributed by atoms with van der Waals surface area (Å²) in [6.45, 7) is 22.4. The highest BCUT2D eigenvalue weighted by Gasteiger charge is 2.40. The maximum atomic E-state index is 14.1. The van der Waals surface area contributed by atoms with E-state index in [0.29, 0.717) is 38.1 Å². The summed E-state index contributed by atoms with van der Waals surface area (Å²) in [6.07, 6.45) is 6.96. The van der Waals surface area contributed by atoms with E-state index in [1.807, 2.05) is 54.5 Å². The van der Waals surface area contributed by atoms with Crippen molar-refractivity contribution < 1.29 is 23.9 Å². The summed E-state index contributed by atoms with van der Waals surface area (Å²) < 4.78 is 5.55. The minimum atomic E-state index is -0.728. The molecule has 2 fully saturated rings. The normalized spacial score (nSPS) is 21.3. The third kappa shape index (κ3) is 11.1. The van der Waals surface area contributed by atoms with E-state index < -0.39 is 17.5 Å². The first-order valence-corrected chi connectivity index (χ1v) is 17.2. The largest absolute Gasteiger partial charge is 0.379 e. The smallest absolute Gasteiger partial charge is 0.249 e. The first kappa shape index (κ1) is 38.7. The van der Waals surface area contributed by atoms with Crippen LogP contribution in [0.5, 0.6) is 0 Å².